The number of amides is 1. The number of hydrogen-bond acceptors (Lipinski definition) is 4. The van der Waals surface area contributed by atoms with Crippen molar-refractivity contribution in [1.29, 1.82) is 0 Å². The second-order valence-electron chi connectivity index (χ2n) is 7.01. The topological polar surface area (TPSA) is 64.0 Å². The third-order valence-corrected chi connectivity index (χ3v) is 6.03. The molecular formula is C21H26ClN3O2S. The molecule has 0 spiro atoms. The molecule has 3 rings (SSSR count). The Morgan fingerprint density at radius 2 is 2.21 bits per heavy atom. The van der Waals surface area contributed by atoms with Crippen LogP contribution in [-0.2, 0) is 11.3 Å². The van der Waals surface area contributed by atoms with Gasteiger partial charge in [-0.1, -0.05) is 41.9 Å². The van der Waals surface area contributed by atoms with E-state index < -0.39 is 0 Å². The number of rotatable bonds is 8. The molecule has 5 nitrogen and oxygen atoms in total. The second kappa shape index (κ2) is 10.1. The Labute approximate surface area is 174 Å². The van der Waals surface area contributed by atoms with Crippen LogP contribution in [0.5, 0.6) is 0 Å². The van der Waals surface area contributed by atoms with E-state index in [-0.39, 0.29) is 17.2 Å². The molecule has 28 heavy (non-hydrogen) atoms. The van der Waals surface area contributed by atoms with Crippen LogP contribution in [0.2, 0.25) is 5.02 Å². The molecule has 0 saturated heterocycles. The van der Waals surface area contributed by atoms with Crippen LogP contribution >= 0.6 is 23.4 Å². The van der Waals surface area contributed by atoms with E-state index in [1.165, 1.54) is 30.2 Å². The van der Waals surface area contributed by atoms with Gasteiger partial charge in [-0.2, -0.15) is 0 Å². The molecule has 1 aliphatic rings. The van der Waals surface area contributed by atoms with E-state index in [2.05, 4.69) is 16.4 Å². The van der Waals surface area contributed by atoms with E-state index in [1.54, 1.807) is 22.8 Å². The molecule has 0 saturated carbocycles. The van der Waals surface area contributed by atoms with E-state index in [1.807, 2.05) is 6.92 Å². The lowest BCUT2D eigenvalue weighted by Crippen LogP contribution is -2.28. The van der Waals surface area contributed by atoms with Gasteiger partial charge in [0.25, 0.3) is 5.56 Å². The minimum Gasteiger partial charge on any atom is -0.355 e. The Hall–Kier alpha value is -1.79. The van der Waals surface area contributed by atoms with E-state index in [0.717, 1.165) is 25.7 Å². The summed E-state index contributed by atoms with van der Waals surface area (Å²) in [5, 5.41) is 4.63. The number of benzene rings is 1. The maximum absolute atomic E-state index is 12.8. The smallest absolute Gasteiger partial charge is 0.262 e. The SMILES string of the molecule is CCCn1c(SCC(=O)NCCC2=CCCCC2)nc2cc(Cl)ccc2c1=O. The van der Waals surface area contributed by atoms with Crippen molar-refractivity contribution in [2.45, 2.75) is 57.1 Å². The fourth-order valence-corrected chi connectivity index (χ4v) is 4.40. The van der Waals surface area contributed by atoms with Crippen molar-refractivity contribution in [2.75, 3.05) is 12.3 Å². The number of nitrogens with one attached hydrogen (secondary N) is 1. The highest BCUT2D eigenvalue weighted by atomic mass is 35.5. The Kier molecular flexibility index (Phi) is 7.57. The predicted octanol–water partition coefficient (Wildman–Crippen LogP) is 4.56. The maximum Gasteiger partial charge on any atom is 0.262 e. The van der Waals surface area contributed by atoms with Gasteiger partial charge in [-0.25, -0.2) is 4.98 Å². The van der Waals surface area contributed by atoms with Crippen LogP contribution in [0.3, 0.4) is 0 Å². The van der Waals surface area contributed by atoms with Crippen molar-refractivity contribution in [3.8, 4) is 0 Å². The Balaban J connectivity index is 1.65. The van der Waals surface area contributed by atoms with E-state index in [0.29, 0.717) is 34.2 Å². The molecule has 1 heterocycles. The van der Waals surface area contributed by atoms with Crippen LogP contribution in [0.25, 0.3) is 10.9 Å². The van der Waals surface area contributed by atoms with Crippen LogP contribution in [0.4, 0.5) is 0 Å². The van der Waals surface area contributed by atoms with Crippen molar-refractivity contribution in [3.05, 3.63) is 45.2 Å². The highest BCUT2D eigenvalue weighted by Crippen LogP contribution is 2.21. The molecule has 1 aromatic heterocycles. The normalized spacial score (nSPS) is 14.1. The average Bonchev–Trinajstić information content (AvgIpc) is 2.69. The van der Waals surface area contributed by atoms with Gasteiger partial charge in [-0.15, -0.1) is 0 Å². The molecular weight excluding hydrogens is 394 g/mol. The lowest BCUT2D eigenvalue weighted by atomic mass is 9.97. The van der Waals surface area contributed by atoms with Crippen LogP contribution in [0, 0.1) is 0 Å². The molecule has 0 fully saturated rings. The molecule has 1 N–H and O–H groups in total. The van der Waals surface area contributed by atoms with Crippen molar-refractivity contribution >= 4 is 40.2 Å². The Morgan fingerprint density at radius 1 is 1.36 bits per heavy atom. The first-order chi connectivity index (χ1) is 13.6. The number of carbonyl (C=O) groups excluding carboxylic acids is 1. The average molecular weight is 420 g/mol. The van der Waals surface area contributed by atoms with Gasteiger partial charge in [-0.05, 0) is 56.7 Å². The zero-order chi connectivity index (χ0) is 19.9. The zero-order valence-electron chi connectivity index (χ0n) is 16.2. The van der Waals surface area contributed by atoms with Gasteiger partial charge in [0, 0.05) is 18.1 Å². The molecule has 1 aromatic carbocycles. The first kappa shape index (κ1) is 20.9. The van der Waals surface area contributed by atoms with Crippen molar-refractivity contribution in [1.82, 2.24) is 14.9 Å². The van der Waals surface area contributed by atoms with Crippen LogP contribution in [-0.4, -0.2) is 27.8 Å². The fourth-order valence-electron chi connectivity index (χ4n) is 3.38. The molecule has 0 unspecified atom stereocenters. The van der Waals surface area contributed by atoms with Crippen molar-refractivity contribution in [2.24, 2.45) is 0 Å². The van der Waals surface area contributed by atoms with Crippen LogP contribution in [0.15, 0.2) is 39.8 Å². The molecule has 7 heteroatoms. The third-order valence-electron chi connectivity index (χ3n) is 4.82. The van der Waals surface area contributed by atoms with Gasteiger partial charge in [0.2, 0.25) is 5.91 Å². The standard InChI is InChI=1S/C21H26ClN3O2S/c1-2-12-25-20(27)17-9-8-16(22)13-18(17)24-21(25)28-14-19(26)23-11-10-15-6-4-3-5-7-15/h6,8-9,13H,2-5,7,10-12,14H2,1H3,(H,23,26). The van der Waals surface area contributed by atoms with Gasteiger partial charge in [0.05, 0.1) is 16.7 Å². The first-order valence-corrected chi connectivity index (χ1v) is 11.2. The summed E-state index contributed by atoms with van der Waals surface area (Å²) in [6.07, 6.45) is 8.87. The fraction of sp³-hybridized carbons (Fsp3) is 0.476. The van der Waals surface area contributed by atoms with Gasteiger partial charge in [0.15, 0.2) is 5.16 Å². The number of carbonyl (C=O) groups is 1. The highest BCUT2D eigenvalue weighted by molar-refractivity contribution is 7.99. The maximum atomic E-state index is 12.8. The largest absolute Gasteiger partial charge is 0.355 e. The second-order valence-corrected chi connectivity index (χ2v) is 8.39. The van der Waals surface area contributed by atoms with Gasteiger partial charge in [-0.3, -0.25) is 14.2 Å². The molecule has 1 amide bonds. The highest BCUT2D eigenvalue weighted by Gasteiger charge is 2.13. The molecule has 0 radical (unpaired) electrons. The third kappa shape index (κ3) is 5.39. The number of fused-ring (bicyclic) bond motifs is 1. The number of hydrogen-bond donors (Lipinski definition) is 1. The summed E-state index contributed by atoms with van der Waals surface area (Å²) < 4.78 is 1.65. The minimum absolute atomic E-state index is 0.0371. The number of aromatic nitrogens is 2. The molecule has 2 aromatic rings. The Bertz CT molecular complexity index is 939. The lowest BCUT2D eigenvalue weighted by Gasteiger charge is -2.14. The molecule has 0 aliphatic heterocycles. The summed E-state index contributed by atoms with van der Waals surface area (Å²) in [6, 6.07) is 5.10. The monoisotopic (exact) mass is 419 g/mol. The summed E-state index contributed by atoms with van der Waals surface area (Å²) in [6.45, 7) is 3.25. The quantitative estimate of drug-likeness (QED) is 0.387. The van der Waals surface area contributed by atoms with Crippen LogP contribution < -0.4 is 10.9 Å². The summed E-state index contributed by atoms with van der Waals surface area (Å²) in [5.74, 6) is 0.200. The number of halogens is 1. The summed E-state index contributed by atoms with van der Waals surface area (Å²) >= 11 is 7.35. The zero-order valence-corrected chi connectivity index (χ0v) is 17.7. The van der Waals surface area contributed by atoms with Gasteiger partial charge in [0.1, 0.15) is 0 Å². The first-order valence-electron chi connectivity index (χ1n) is 9.86. The number of thioether (sulfide) groups is 1. The molecule has 0 bridgehead atoms. The number of nitrogens with zero attached hydrogens (tertiary/aromatic N) is 2. The molecule has 1 aliphatic carbocycles. The van der Waals surface area contributed by atoms with Crippen LogP contribution in [0.1, 0.15) is 45.4 Å². The molecule has 0 atom stereocenters. The summed E-state index contributed by atoms with van der Waals surface area (Å²) in [5.41, 5.74) is 1.93. The summed E-state index contributed by atoms with van der Waals surface area (Å²) in [4.78, 5) is 29.6. The van der Waals surface area contributed by atoms with Gasteiger partial charge >= 0.3 is 0 Å². The molecule has 150 valence electrons. The van der Waals surface area contributed by atoms with E-state index in [4.69, 9.17) is 11.6 Å². The summed E-state index contributed by atoms with van der Waals surface area (Å²) in [7, 11) is 0. The van der Waals surface area contributed by atoms with Crippen molar-refractivity contribution in [3.63, 3.8) is 0 Å². The number of allylic oxidation sites excluding steroid dienone is 1. The minimum atomic E-state index is -0.0874. The Morgan fingerprint density at radius 3 is 2.96 bits per heavy atom. The van der Waals surface area contributed by atoms with Crippen molar-refractivity contribution < 1.29 is 4.79 Å². The predicted molar refractivity (Wildman–Crippen MR) is 116 cm³/mol. The van der Waals surface area contributed by atoms with E-state index >= 15 is 0 Å². The van der Waals surface area contributed by atoms with Gasteiger partial charge < -0.3 is 5.32 Å². The van der Waals surface area contributed by atoms with E-state index in [9.17, 15) is 9.59 Å². The lowest BCUT2D eigenvalue weighted by molar-refractivity contribution is -0.118.